The average molecular weight is 371 g/mol. The Bertz CT molecular complexity index is 576. The van der Waals surface area contributed by atoms with Crippen LogP contribution in [0.4, 0.5) is 0 Å². The monoisotopic (exact) mass is 370 g/mol. The molecule has 1 amide bonds. The predicted molar refractivity (Wildman–Crippen MR) is 96.7 cm³/mol. The van der Waals surface area contributed by atoms with E-state index in [4.69, 9.17) is 27.9 Å². The number of aryl methyl sites for hydroxylation is 1. The summed E-state index contributed by atoms with van der Waals surface area (Å²) in [5.74, 6) is 0.0971. The second-order valence-electron chi connectivity index (χ2n) is 6.63. The number of hydrogen-bond donors (Lipinski definition) is 1. The van der Waals surface area contributed by atoms with E-state index in [-0.39, 0.29) is 11.9 Å². The Kier molecular flexibility index (Phi) is 6.39. The molecule has 0 spiro atoms. The van der Waals surface area contributed by atoms with E-state index in [9.17, 15) is 4.79 Å². The van der Waals surface area contributed by atoms with Crippen molar-refractivity contribution in [2.45, 2.75) is 44.2 Å². The maximum atomic E-state index is 12.2. The molecule has 0 aliphatic carbocycles. The molecule has 1 atom stereocenters. The first kappa shape index (κ1) is 18.0. The average Bonchev–Trinajstić information content (AvgIpc) is 3.03. The van der Waals surface area contributed by atoms with E-state index in [0.29, 0.717) is 28.9 Å². The van der Waals surface area contributed by atoms with Crippen LogP contribution in [0.1, 0.15) is 31.2 Å². The van der Waals surface area contributed by atoms with Crippen LogP contribution in [0, 0.1) is 0 Å². The molecule has 24 heavy (non-hydrogen) atoms. The number of carbonyl (C=O) groups excluding carboxylic acids is 1. The van der Waals surface area contributed by atoms with E-state index in [1.165, 1.54) is 0 Å². The number of likely N-dealkylation sites (tertiary alicyclic amines) is 1. The lowest BCUT2D eigenvalue weighted by atomic mass is 10.1. The van der Waals surface area contributed by atoms with Gasteiger partial charge < -0.3 is 10.1 Å². The van der Waals surface area contributed by atoms with Gasteiger partial charge in [0.1, 0.15) is 0 Å². The van der Waals surface area contributed by atoms with Crippen LogP contribution in [-0.2, 0) is 16.0 Å². The van der Waals surface area contributed by atoms with Gasteiger partial charge in [-0.15, -0.1) is 0 Å². The van der Waals surface area contributed by atoms with Crippen molar-refractivity contribution in [2.75, 3.05) is 26.3 Å². The third-order valence-corrected chi connectivity index (χ3v) is 5.52. The molecule has 2 aliphatic rings. The van der Waals surface area contributed by atoms with Crippen LogP contribution in [0.2, 0.25) is 10.0 Å². The highest BCUT2D eigenvalue weighted by Gasteiger charge is 2.29. The summed E-state index contributed by atoms with van der Waals surface area (Å²) in [4.78, 5) is 14.7. The molecule has 2 fully saturated rings. The van der Waals surface area contributed by atoms with Gasteiger partial charge in [-0.25, -0.2) is 0 Å². The van der Waals surface area contributed by atoms with Gasteiger partial charge in [-0.2, -0.15) is 0 Å². The highest BCUT2D eigenvalue weighted by molar-refractivity contribution is 6.35. The topological polar surface area (TPSA) is 41.6 Å². The van der Waals surface area contributed by atoms with Gasteiger partial charge in [0, 0.05) is 54.9 Å². The maximum absolute atomic E-state index is 12.2. The van der Waals surface area contributed by atoms with Crippen molar-refractivity contribution in [3.8, 4) is 0 Å². The molecular formula is C18H24Cl2N2O2. The largest absolute Gasteiger partial charge is 0.381 e. The molecule has 1 aromatic carbocycles. The lowest BCUT2D eigenvalue weighted by Gasteiger charge is -2.31. The summed E-state index contributed by atoms with van der Waals surface area (Å²) in [5.41, 5.74) is 0.964. The molecule has 1 N–H and O–H groups in total. The quantitative estimate of drug-likeness (QED) is 0.864. The summed E-state index contributed by atoms with van der Waals surface area (Å²) in [6.45, 7) is 3.75. The standard InChI is InChI=1S/C18H24Cl2N2O2/c19-14-3-1-13(17(20)11-14)2-4-18(23)21-15-5-8-22(12-15)16-6-9-24-10-7-16/h1,3,11,15-16H,2,4-10,12H2,(H,21,23). The fourth-order valence-corrected chi connectivity index (χ4v) is 4.06. The van der Waals surface area contributed by atoms with Crippen molar-refractivity contribution in [1.82, 2.24) is 10.2 Å². The van der Waals surface area contributed by atoms with Gasteiger partial charge in [0.2, 0.25) is 5.91 Å². The molecule has 2 heterocycles. The summed E-state index contributed by atoms with van der Waals surface area (Å²) in [5, 5.41) is 4.41. The van der Waals surface area contributed by atoms with Crippen LogP contribution < -0.4 is 5.32 Å². The molecule has 3 rings (SSSR count). The van der Waals surface area contributed by atoms with Gasteiger partial charge >= 0.3 is 0 Å². The molecular weight excluding hydrogens is 347 g/mol. The normalized spacial score (nSPS) is 22.7. The Morgan fingerprint density at radius 2 is 2.04 bits per heavy atom. The zero-order valence-corrected chi connectivity index (χ0v) is 15.3. The van der Waals surface area contributed by atoms with E-state index in [1.807, 2.05) is 12.1 Å². The number of halogens is 2. The summed E-state index contributed by atoms with van der Waals surface area (Å²) in [6.07, 6.45) is 4.34. The highest BCUT2D eigenvalue weighted by atomic mass is 35.5. The van der Waals surface area contributed by atoms with E-state index in [1.54, 1.807) is 6.07 Å². The molecule has 132 valence electrons. The second kappa shape index (κ2) is 8.52. The number of ether oxygens (including phenoxy) is 1. The number of hydrogen-bond acceptors (Lipinski definition) is 3. The Balaban J connectivity index is 1.42. The summed E-state index contributed by atoms with van der Waals surface area (Å²) in [7, 11) is 0. The molecule has 0 aromatic heterocycles. The van der Waals surface area contributed by atoms with E-state index in [0.717, 1.165) is 51.1 Å². The molecule has 2 saturated heterocycles. The van der Waals surface area contributed by atoms with Crippen molar-refractivity contribution in [3.05, 3.63) is 33.8 Å². The van der Waals surface area contributed by atoms with Crippen LogP contribution in [-0.4, -0.2) is 49.2 Å². The lowest BCUT2D eigenvalue weighted by Crippen LogP contribution is -2.41. The Labute approximate surface area is 153 Å². The first-order valence-electron chi connectivity index (χ1n) is 8.67. The third-order valence-electron chi connectivity index (χ3n) is 4.93. The first-order chi connectivity index (χ1) is 11.6. The number of nitrogens with zero attached hydrogens (tertiary/aromatic N) is 1. The van der Waals surface area contributed by atoms with Gasteiger partial charge in [-0.1, -0.05) is 29.3 Å². The number of nitrogens with one attached hydrogen (secondary N) is 1. The number of rotatable bonds is 5. The van der Waals surface area contributed by atoms with Gasteiger partial charge in [0.15, 0.2) is 0 Å². The van der Waals surface area contributed by atoms with Crippen molar-refractivity contribution < 1.29 is 9.53 Å². The van der Waals surface area contributed by atoms with Gasteiger partial charge in [0.05, 0.1) is 0 Å². The number of carbonyl (C=O) groups is 1. The van der Waals surface area contributed by atoms with E-state index < -0.39 is 0 Å². The second-order valence-corrected chi connectivity index (χ2v) is 7.47. The van der Waals surface area contributed by atoms with Crippen molar-refractivity contribution in [2.24, 2.45) is 0 Å². The van der Waals surface area contributed by atoms with Gasteiger partial charge in [-0.3, -0.25) is 9.69 Å². The molecule has 0 radical (unpaired) electrons. The molecule has 4 nitrogen and oxygen atoms in total. The minimum Gasteiger partial charge on any atom is -0.381 e. The molecule has 2 aliphatic heterocycles. The third kappa shape index (κ3) is 4.85. The maximum Gasteiger partial charge on any atom is 0.220 e. The Morgan fingerprint density at radius 3 is 2.79 bits per heavy atom. The Morgan fingerprint density at radius 1 is 1.25 bits per heavy atom. The van der Waals surface area contributed by atoms with Crippen molar-refractivity contribution in [3.63, 3.8) is 0 Å². The van der Waals surface area contributed by atoms with E-state index in [2.05, 4.69) is 10.2 Å². The fourth-order valence-electron chi connectivity index (χ4n) is 3.56. The van der Waals surface area contributed by atoms with Gasteiger partial charge in [0.25, 0.3) is 0 Å². The predicted octanol–water partition coefficient (Wildman–Crippen LogP) is 3.30. The highest BCUT2D eigenvalue weighted by Crippen LogP contribution is 2.23. The van der Waals surface area contributed by atoms with Crippen LogP contribution in [0.15, 0.2) is 18.2 Å². The van der Waals surface area contributed by atoms with Crippen LogP contribution in [0.25, 0.3) is 0 Å². The fraction of sp³-hybridized carbons (Fsp3) is 0.611. The van der Waals surface area contributed by atoms with E-state index >= 15 is 0 Å². The van der Waals surface area contributed by atoms with Crippen molar-refractivity contribution >= 4 is 29.1 Å². The zero-order valence-electron chi connectivity index (χ0n) is 13.8. The Hall–Kier alpha value is -0.810. The van der Waals surface area contributed by atoms with Crippen LogP contribution in [0.3, 0.4) is 0 Å². The smallest absolute Gasteiger partial charge is 0.220 e. The number of benzene rings is 1. The van der Waals surface area contributed by atoms with Crippen LogP contribution in [0.5, 0.6) is 0 Å². The molecule has 1 aromatic rings. The minimum atomic E-state index is 0.0971. The summed E-state index contributed by atoms with van der Waals surface area (Å²) >= 11 is 12.0. The number of amides is 1. The summed E-state index contributed by atoms with van der Waals surface area (Å²) in [6, 6.07) is 6.30. The molecule has 0 bridgehead atoms. The lowest BCUT2D eigenvalue weighted by molar-refractivity contribution is -0.121. The molecule has 6 heteroatoms. The van der Waals surface area contributed by atoms with Gasteiger partial charge in [-0.05, 0) is 43.4 Å². The SMILES string of the molecule is O=C(CCc1ccc(Cl)cc1Cl)NC1CCN(C2CCOCC2)C1. The minimum absolute atomic E-state index is 0.0971. The summed E-state index contributed by atoms with van der Waals surface area (Å²) < 4.78 is 5.43. The first-order valence-corrected chi connectivity index (χ1v) is 9.42. The van der Waals surface area contributed by atoms with Crippen molar-refractivity contribution in [1.29, 1.82) is 0 Å². The molecule has 0 saturated carbocycles. The van der Waals surface area contributed by atoms with Crippen LogP contribution >= 0.6 is 23.2 Å². The zero-order chi connectivity index (χ0) is 16.9. The molecule has 1 unspecified atom stereocenters.